The maximum atomic E-state index is 11.8. The van der Waals surface area contributed by atoms with Crippen LogP contribution in [0.3, 0.4) is 0 Å². The van der Waals surface area contributed by atoms with Crippen LogP contribution in [0.1, 0.15) is 39.0 Å². The number of carbonyl (C=O) groups is 1. The molecule has 0 aromatic rings. The van der Waals surface area contributed by atoms with Crippen molar-refractivity contribution in [1.82, 2.24) is 4.90 Å². The number of hydrogen-bond acceptors (Lipinski definition) is 4. The Bertz CT molecular complexity index is 320. The highest BCUT2D eigenvalue weighted by Gasteiger charge is 2.43. The molecule has 0 unspecified atom stereocenters. The van der Waals surface area contributed by atoms with E-state index in [1.54, 1.807) is 7.11 Å². The van der Waals surface area contributed by atoms with Gasteiger partial charge in [0.25, 0.3) is 0 Å². The van der Waals surface area contributed by atoms with E-state index >= 15 is 0 Å². The molecule has 17 heavy (non-hydrogen) atoms. The van der Waals surface area contributed by atoms with Crippen LogP contribution in [0.15, 0.2) is 5.16 Å². The number of methoxy groups -OCH3 is 1. The highest BCUT2D eigenvalue weighted by molar-refractivity contribution is 5.78. The summed E-state index contributed by atoms with van der Waals surface area (Å²) in [5.74, 6) is 0.923. The number of hydrogen-bond donors (Lipinski definition) is 0. The first-order valence-electron chi connectivity index (χ1n) is 6.26. The first-order valence-corrected chi connectivity index (χ1v) is 6.26. The van der Waals surface area contributed by atoms with Crippen LogP contribution in [0.5, 0.6) is 0 Å². The van der Waals surface area contributed by atoms with Gasteiger partial charge in [0.1, 0.15) is 5.60 Å². The fourth-order valence-electron chi connectivity index (χ4n) is 2.40. The first kappa shape index (κ1) is 12.2. The number of piperidine rings is 1. The fraction of sp³-hybridized carbons (Fsp3) is 0.833. The zero-order chi connectivity index (χ0) is 12.3. The van der Waals surface area contributed by atoms with Crippen LogP contribution in [-0.2, 0) is 14.4 Å². The molecule has 0 saturated carbocycles. The van der Waals surface area contributed by atoms with E-state index < -0.39 is 0 Å². The van der Waals surface area contributed by atoms with Crippen molar-refractivity contribution in [2.24, 2.45) is 5.16 Å². The number of oxime groups is 1. The molecule has 2 rings (SSSR count). The highest BCUT2D eigenvalue weighted by atomic mass is 16.7. The van der Waals surface area contributed by atoms with Crippen molar-refractivity contribution in [2.45, 2.75) is 44.6 Å². The molecule has 0 N–H and O–H groups in total. The molecule has 96 valence electrons. The van der Waals surface area contributed by atoms with Crippen LogP contribution in [0.25, 0.3) is 0 Å². The molecule has 0 atom stereocenters. The van der Waals surface area contributed by atoms with Crippen LogP contribution in [-0.4, -0.2) is 42.5 Å². The second kappa shape index (κ2) is 4.94. The number of likely N-dealkylation sites (tertiary alicyclic amines) is 1. The Hall–Kier alpha value is -1.26. The summed E-state index contributed by atoms with van der Waals surface area (Å²) in [4.78, 5) is 19.2. The lowest BCUT2D eigenvalue weighted by molar-refractivity contribution is -0.136. The summed E-state index contributed by atoms with van der Waals surface area (Å²) in [7, 11) is 1.61. The molecule has 5 nitrogen and oxygen atoms in total. The van der Waals surface area contributed by atoms with Crippen LogP contribution >= 0.6 is 0 Å². The van der Waals surface area contributed by atoms with Gasteiger partial charge in [-0.15, -0.1) is 0 Å². The molecule has 1 amide bonds. The SMILES string of the molecule is CCCC(=O)N1CCC2(CC1)CC(OC)=NO2. The van der Waals surface area contributed by atoms with Crippen LogP contribution in [0.2, 0.25) is 0 Å². The average molecular weight is 240 g/mol. The third-order valence-electron chi connectivity index (χ3n) is 3.54. The molecule has 1 fully saturated rings. The number of nitrogens with zero attached hydrogens (tertiary/aromatic N) is 2. The molecule has 5 heteroatoms. The second-order valence-electron chi connectivity index (χ2n) is 4.77. The Morgan fingerprint density at radius 3 is 2.76 bits per heavy atom. The smallest absolute Gasteiger partial charge is 0.229 e. The lowest BCUT2D eigenvalue weighted by atomic mass is 9.88. The van der Waals surface area contributed by atoms with Crippen molar-refractivity contribution < 1.29 is 14.4 Å². The third-order valence-corrected chi connectivity index (χ3v) is 3.54. The molecule has 0 aliphatic carbocycles. The van der Waals surface area contributed by atoms with E-state index in [2.05, 4.69) is 5.16 Å². The van der Waals surface area contributed by atoms with Crippen molar-refractivity contribution in [3.8, 4) is 0 Å². The minimum Gasteiger partial charge on any atom is -0.482 e. The van der Waals surface area contributed by atoms with Gasteiger partial charge in [0.2, 0.25) is 11.8 Å². The van der Waals surface area contributed by atoms with Crippen LogP contribution < -0.4 is 0 Å². The van der Waals surface area contributed by atoms with E-state index in [9.17, 15) is 4.79 Å². The fourth-order valence-corrected chi connectivity index (χ4v) is 2.40. The summed E-state index contributed by atoms with van der Waals surface area (Å²) in [5, 5.41) is 3.93. The van der Waals surface area contributed by atoms with E-state index in [-0.39, 0.29) is 11.5 Å². The van der Waals surface area contributed by atoms with E-state index in [0.29, 0.717) is 12.3 Å². The van der Waals surface area contributed by atoms with Crippen LogP contribution in [0, 0.1) is 0 Å². The zero-order valence-electron chi connectivity index (χ0n) is 10.6. The van der Waals surface area contributed by atoms with Gasteiger partial charge in [0, 0.05) is 32.4 Å². The van der Waals surface area contributed by atoms with Gasteiger partial charge in [-0.2, -0.15) is 0 Å². The molecule has 2 aliphatic rings. The monoisotopic (exact) mass is 240 g/mol. The van der Waals surface area contributed by atoms with E-state index in [0.717, 1.165) is 38.8 Å². The molecule has 0 bridgehead atoms. The van der Waals surface area contributed by atoms with Gasteiger partial charge in [-0.3, -0.25) is 4.79 Å². The summed E-state index contributed by atoms with van der Waals surface area (Å²) in [5.41, 5.74) is -0.214. The summed E-state index contributed by atoms with van der Waals surface area (Å²) in [6.07, 6.45) is 3.98. The lowest BCUT2D eigenvalue weighted by Gasteiger charge is -2.36. The first-order chi connectivity index (χ1) is 8.19. The van der Waals surface area contributed by atoms with Gasteiger partial charge in [-0.25, -0.2) is 0 Å². The number of rotatable bonds is 2. The van der Waals surface area contributed by atoms with Crippen molar-refractivity contribution in [1.29, 1.82) is 0 Å². The summed E-state index contributed by atoms with van der Waals surface area (Å²) >= 11 is 0. The molecule has 0 radical (unpaired) electrons. The Balaban J connectivity index is 1.85. The maximum absolute atomic E-state index is 11.8. The minimum absolute atomic E-state index is 0.214. The number of ether oxygens (including phenoxy) is 1. The number of carbonyl (C=O) groups excluding carboxylic acids is 1. The van der Waals surface area contributed by atoms with Gasteiger partial charge < -0.3 is 14.5 Å². The molecule has 2 heterocycles. The van der Waals surface area contributed by atoms with Crippen molar-refractivity contribution >= 4 is 11.8 Å². The summed E-state index contributed by atoms with van der Waals surface area (Å²) < 4.78 is 5.10. The highest BCUT2D eigenvalue weighted by Crippen LogP contribution is 2.34. The predicted molar refractivity (Wildman–Crippen MR) is 63.6 cm³/mol. The Kier molecular flexibility index (Phi) is 3.54. The van der Waals surface area contributed by atoms with E-state index in [4.69, 9.17) is 9.57 Å². The standard InChI is InChI=1S/C12H20N2O3/c1-3-4-11(15)14-7-5-12(6-8-14)9-10(16-2)13-17-12/h3-9H2,1-2H3. The Morgan fingerprint density at radius 2 is 2.24 bits per heavy atom. The predicted octanol–water partition coefficient (Wildman–Crippen LogP) is 1.53. The second-order valence-corrected chi connectivity index (χ2v) is 4.77. The molecule has 0 aromatic heterocycles. The van der Waals surface area contributed by atoms with Crippen molar-refractivity contribution in [3.63, 3.8) is 0 Å². The molecule has 2 aliphatic heterocycles. The van der Waals surface area contributed by atoms with Crippen molar-refractivity contribution in [3.05, 3.63) is 0 Å². The molecule has 1 saturated heterocycles. The largest absolute Gasteiger partial charge is 0.482 e. The van der Waals surface area contributed by atoms with E-state index in [1.807, 2.05) is 11.8 Å². The quantitative estimate of drug-likeness (QED) is 0.735. The zero-order valence-corrected chi connectivity index (χ0v) is 10.6. The minimum atomic E-state index is -0.214. The Morgan fingerprint density at radius 1 is 1.53 bits per heavy atom. The third kappa shape index (κ3) is 2.53. The normalized spacial score (nSPS) is 22.2. The van der Waals surface area contributed by atoms with Gasteiger partial charge in [0.15, 0.2) is 0 Å². The van der Waals surface area contributed by atoms with Gasteiger partial charge in [0.05, 0.1) is 13.5 Å². The van der Waals surface area contributed by atoms with Gasteiger partial charge in [-0.05, 0) is 6.42 Å². The maximum Gasteiger partial charge on any atom is 0.229 e. The van der Waals surface area contributed by atoms with Gasteiger partial charge >= 0.3 is 0 Å². The molecular weight excluding hydrogens is 220 g/mol. The topological polar surface area (TPSA) is 51.1 Å². The van der Waals surface area contributed by atoms with Crippen molar-refractivity contribution in [2.75, 3.05) is 20.2 Å². The molecular formula is C12H20N2O3. The molecule has 1 spiro atoms. The van der Waals surface area contributed by atoms with Gasteiger partial charge in [-0.1, -0.05) is 12.1 Å². The van der Waals surface area contributed by atoms with E-state index in [1.165, 1.54) is 0 Å². The lowest BCUT2D eigenvalue weighted by Crippen LogP contribution is -2.46. The van der Waals surface area contributed by atoms with Crippen LogP contribution in [0.4, 0.5) is 0 Å². The average Bonchev–Trinajstić information content (AvgIpc) is 2.74. The summed E-state index contributed by atoms with van der Waals surface area (Å²) in [6, 6.07) is 0. The Labute approximate surface area is 102 Å². The molecule has 0 aromatic carbocycles. The summed E-state index contributed by atoms with van der Waals surface area (Å²) in [6.45, 7) is 3.57. The number of amides is 1.